The van der Waals surface area contributed by atoms with Crippen LogP contribution >= 0.6 is 11.6 Å². The Balaban J connectivity index is 1.39. The van der Waals surface area contributed by atoms with E-state index in [1.54, 1.807) is 0 Å². The molecule has 7 heteroatoms. The van der Waals surface area contributed by atoms with E-state index < -0.39 is 0 Å². The molecule has 1 amide bonds. The van der Waals surface area contributed by atoms with Gasteiger partial charge in [-0.1, -0.05) is 29.8 Å². The summed E-state index contributed by atoms with van der Waals surface area (Å²) in [6.45, 7) is 4.95. The number of nitrogens with one attached hydrogen (secondary N) is 2. The summed E-state index contributed by atoms with van der Waals surface area (Å²) >= 11 is 6.59. The molecule has 0 spiro atoms. The lowest BCUT2D eigenvalue weighted by molar-refractivity contribution is -0.122. The molecule has 2 heterocycles. The number of fused-ring (bicyclic) bond motifs is 1. The minimum atomic E-state index is -0.249. The highest BCUT2D eigenvalue weighted by atomic mass is 35.5. The average molecular weight is 436 g/mol. The second kappa shape index (κ2) is 8.41. The van der Waals surface area contributed by atoms with Crippen molar-refractivity contribution in [1.82, 2.24) is 10.6 Å². The zero-order valence-corrected chi connectivity index (χ0v) is 18.1. The minimum Gasteiger partial charge on any atom is -0.369 e. The Labute approximate surface area is 187 Å². The smallest absolute Gasteiger partial charge is 0.243 e. The second-order valence-corrected chi connectivity index (χ2v) is 8.99. The molecule has 3 aliphatic rings. The van der Waals surface area contributed by atoms with Gasteiger partial charge in [0.15, 0.2) is 0 Å². The first-order chi connectivity index (χ1) is 15.2. The highest BCUT2D eigenvalue weighted by molar-refractivity contribution is 6.33. The number of carbonyl (C=O) groups excluding carboxylic acids is 1. The summed E-state index contributed by atoms with van der Waals surface area (Å²) in [5.41, 5.74) is 4.36. The molecule has 2 aromatic carbocycles. The van der Waals surface area contributed by atoms with Crippen molar-refractivity contribution in [2.24, 2.45) is 11.8 Å². The van der Waals surface area contributed by atoms with Crippen molar-refractivity contribution in [2.45, 2.75) is 12.5 Å². The Morgan fingerprint density at radius 3 is 2.65 bits per heavy atom. The van der Waals surface area contributed by atoms with Crippen molar-refractivity contribution in [3.63, 3.8) is 0 Å². The van der Waals surface area contributed by atoms with E-state index in [0.717, 1.165) is 56.0 Å². The third-order valence-electron chi connectivity index (χ3n) is 6.70. The van der Waals surface area contributed by atoms with Gasteiger partial charge < -0.3 is 20.4 Å². The fourth-order valence-corrected chi connectivity index (χ4v) is 5.21. The Morgan fingerprint density at radius 2 is 1.90 bits per heavy atom. The van der Waals surface area contributed by atoms with E-state index in [1.165, 1.54) is 5.69 Å². The van der Waals surface area contributed by atoms with E-state index in [1.807, 2.05) is 18.2 Å². The van der Waals surface area contributed by atoms with Crippen LogP contribution in [0.15, 0.2) is 42.5 Å². The molecule has 3 atom stereocenters. The van der Waals surface area contributed by atoms with Gasteiger partial charge in [-0.05, 0) is 53.6 Å². The summed E-state index contributed by atoms with van der Waals surface area (Å²) in [7, 11) is 0. The molecule has 31 heavy (non-hydrogen) atoms. The van der Waals surface area contributed by atoms with Gasteiger partial charge in [0.25, 0.3) is 0 Å². The summed E-state index contributed by atoms with van der Waals surface area (Å²) in [4.78, 5) is 17.3. The number of amides is 1. The summed E-state index contributed by atoms with van der Waals surface area (Å²) in [5.74, 6) is 0.820. The van der Waals surface area contributed by atoms with Crippen molar-refractivity contribution in [2.75, 3.05) is 49.1 Å². The lowest BCUT2D eigenvalue weighted by atomic mass is 10.0. The largest absolute Gasteiger partial charge is 0.369 e. The molecular weight excluding hydrogens is 410 g/mol. The summed E-state index contributed by atoms with van der Waals surface area (Å²) in [6, 6.07) is 16.5. The number of nitriles is 1. The molecule has 3 fully saturated rings. The van der Waals surface area contributed by atoms with Crippen LogP contribution in [0.3, 0.4) is 0 Å². The van der Waals surface area contributed by atoms with E-state index >= 15 is 0 Å². The third kappa shape index (κ3) is 3.96. The van der Waals surface area contributed by atoms with Gasteiger partial charge in [0.1, 0.15) is 12.6 Å². The first-order valence-corrected chi connectivity index (χ1v) is 11.3. The molecule has 160 valence electrons. The van der Waals surface area contributed by atoms with Crippen molar-refractivity contribution in [3.05, 3.63) is 47.5 Å². The van der Waals surface area contributed by atoms with Crippen molar-refractivity contribution in [3.8, 4) is 17.2 Å². The summed E-state index contributed by atoms with van der Waals surface area (Å²) in [6.07, 6.45) is 1.08. The molecule has 2 aliphatic heterocycles. The van der Waals surface area contributed by atoms with Crippen LogP contribution in [0.5, 0.6) is 0 Å². The Kier molecular flexibility index (Phi) is 5.47. The van der Waals surface area contributed by atoms with Gasteiger partial charge in [-0.2, -0.15) is 5.26 Å². The molecule has 0 radical (unpaired) electrons. The first-order valence-electron chi connectivity index (χ1n) is 10.9. The number of carbonyl (C=O) groups is 1. The van der Waals surface area contributed by atoms with Gasteiger partial charge in [-0.25, -0.2) is 0 Å². The number of anilines is 2. The maximum absolute atomic E-state index is 12.7. The van der Waals surface area contributed by atoms with Crippen molar-refractivity contribution < 1.29 is 4.79 Å². The fraction of sp³-hybridized carbons (Fsp3) is 0.417. The molecule has 5 rings (SSSR count). The maximum Gasteiger partial charge on any atom is 0.243 e. The minimum absolute atomic E-state index is 0.0355. The van der Waals surface area contributed by atoms with Crippen molar-refractivity contribution >= 4 is 28.9 Å². The van der Waals surface area contributed by atoms with Crippen LogP contribution < -0.4 is 20.4 Å². The molecule has 2 saturated heterocycles. The van der Waals surface area contributed by atoms with E-state index in [2.05, 4.69) is 50.8 Å². The van der Waals surface area contributed by atoms with Gasteiger partial charge in [-0.15, -0.1) is 0 Å². The SMILES string of the molecule is N#CCNC(=O)[C@@H]1[C@H]2C[C@H]2CN1c1cc(-c2ccc(N3CCNCC3)cc2)ccc1Cl. The number of rotatable bonds is 5. The maximum atomic E-state index is 12.7. The van der Waals surface area contributed by atoms with Gasteiger partial charge in [0, 0.05) is 38.4 Å². The molecule has 1 saturated carbocycles. The molecular formula is C24H26ClN5O. The third-order valence-corrected chi connectivity index (χ3v) is 7.02. The van der Waals surface area contributed by atoms with Crippen LogP contribution in [-0.2, 0) is 4.79 Å². The van der Waals surface area contributed by atoms with E-state index in [4.69, 9.17) is 16.9 Å². The highest BCUT2D eigenvalue weighted by Crippen LogP contribution is 2.52. The van der Waals surface area contributed by atoms with Crippen LogP contribution in [0.2, 0.25) is 5.02 Å². The topological polar surface area (TPSA) is 71.4 Å². The standard InChI is InChI=1S/C24H26ClN5O/c25-21-6-3-17(16-1-4-19(5-2-16)29-11-9-27-10-12-29)14-22(21)30-15-18-13-20(18)23(30)24(31)28-8-7-26/h1-6,14,18,20,23,27H,8-13,15H2,(H,28,31)/t18-,20-,23-/m0/s1. The van der Waals surface area contributed by atoms with Crippen LogP contribution in [-0.4, -0.2) is 51.2 Å². The quantitative estimate of drug-likeness (QED) is 0.706. The molecule has 0 aromatic heterocycles. The predicted molar refractivity (Wildman–Crippen MR) is 123 cm³/mol. The number of piperidine rings is 1. The average Bonchev–Trinajstić information content (AvgIpc) is 3.48. The zero-order chi connectivity index (χ0) is 21.4. The first kappa shape index (κ1) is 20.2. The molecule has 1 aliphatic carbocycles. The van der Waals surface area contributed by atoms with Gasteiger partial charge in [0.2, 0.25) is 5.91 Å². The van der Waals surface area contributed by atoms with Gasteiger partial charge in [-0.3, -0.25) is 4.79 Å². The number of piperazine rings is 1. The Bertz CT molecular complexity index is 1010. The number of hydrogen-bond acceptors (Lipinski definition) is 5. The van der Waals surface area contributed by atoms with Crippen molar-refractivity contribution in [1.29, 1.82) is 5.26 Å². The molecule has 0 bridgehead atoms. The second-order valence-electron chi connectivity index (χ2n) is 8.58. The van der Waals surface area contributed by atoms with E-state index in [-0.39, 0.29) is 18.5 Å². The number of hydrogen-bond donors (Lipinski definition) is 2. The summed E-state index contributed by atoms with van der Waals surface area (Å²) < 4.78 is 0. The Morgan fingerprint density at radius 1 is 1.16 bits per heavy atom. The Hall–Kier alpha value is -2.75. The van der Waals surface area contributed by atoms with Gasteiger partial charge >= 0.3 is 0 Å². The number of halogens is 1. The summed E-state index contributed by atoms with van der Waals surface area (Å²) in [5, 5.41) is 15.6. The lowest BCUT2D eigenvalue weighted by Crippen LogP contribution is -2.46. The molecule has 6 nitrogen and oxygen atoms in total. The van der Waals surface area contributed by atoms with E-state index in [0.29, 0.717) is 16.9 Å². The van der Waals surface area contributed by atoms with Gasteiger partial charge in [0.05, 0.1) is 16.8 Å². The van der Waals surface area contributed by atoms with E-state index in [9.17, 15) is 4.79 Å². The fourth-order valence-electron chi connectivity index (χ4n) is 4.98. The van der Waals surface area contributed by atoms with Crippen LogP contribution in [0.25, 0.3) is 11.1 Å². The predicted octanol–water partition coefficient (Wildman–Crippen LogP) is 2.88. The zero-order valence-electron chi connectivity index (χ0n) is 17.4. The number of benzene rings is 2. The molecule has 2 aromatic rings. The monoisotopic (exact) mass is 435 g/mol. The molecule has 2 N–H and O–H groups in total. The van der Waals surface area contributed by atoms with Crippen LogP contribution in [0.4, 0.5) is 11.4 Å². The highest BCUT2D eigenvalue weighted by Gasteiger charge is 2.55. The van der Waals surface area contributed by atoms with Crippen LogP contribution in [0.1, 0.15) is 6.42 Å². The number of nitrogens with zero attached hydrogens (tertiary/aromatic N) is 3. The lowest BCUT2D eigenvalue weighted by Gasteiger charge is -2.30. The normalized spacial score (nSPS) is 24.5. The molecule has 0 unspecified atom stereocenters. The van der Waals surface area contributed by atoms with Crippen LogP contribution in [0, 0.1) is 23.2 Å².